The van der Waals surface area contributed by atoms with E-state index in [1.54, 1.807) is 12.1 Å². The van der Waals surface area contributed by atoms with Crippen LogP contribution in [0.5, 0.6) is 0 Å². The molecule has 0 radical (unpaired) electrons. The van der Waals surface area contributed by atoms with Gasteiger partial charge in [0.25, 0.3) is 0 Å². The third kappa shape index (κ3) is 3.46. The van der Waals surface area contributed by atoms with Crippen molar-refractivity contribution in [2.24, 2.45) is 0 Å². The van der Waals surface area contributed by atoms with Crippen LogP contribution in [0.3, 0.4) is 0 Å². The van der Waals surface area contributed by atoms with Crippen molar-refractivity contribution >= 4 is 5.91 Å². The molecule has 0 saturated carbocycles. The van der Waals surface area contributed by atoms with Crippen LogP contribution in [0.2, 0.25) is 0 Å². The van der Waals surface area contributed by atoms with E-state index in [1.807, 2.05) is 0 Å². The quantitative estimate of drug-likeness (QED) is 0.928. The zero-order chi connectivity index (χ0) is 17.3. The number of rotatable bonds is 4. The third-order valence-corrected chi connectivity index (χ3v) is 4.05. The van der Waals surface area contributed by atoms with Gasteiger partial charge in [-0.15, -0.1) is 0 Å². The van der Waals surface area contributed by atoms with Gasteiger partial charge >= 0.3 is 6.18 Å². The molecule has 24 heavy (non-hydrogen) atoms. The average molecular weight is 339 g/mol. The Hall–Kier alpha value is -2.28. The van der Waals surface area contributed by atoms with Crippen molar-refractivity contribution in [3.05, 3.63) is 47.7 Å². The molecule has 2 aromatic rings. The monoisotopic (exact) mass is 339 g/mol. The minimum atomic E-state index is -4.37. The fraction of sp³-hybridized carbons (Fsp3) is 0.353. The number of halogens is 3. The number of benzene rings is 1. The summed E-state index contributed by atoms with van der Waals surface area (Å²) in [4.78, 5) is 13.0. The maximum absolute atomic E-state index is 12.6. The first kappa shape index (κ1) is 16.6. The second-order valence-electron chi connectivity index (χ2n) is 5.70. The Labute approximate surface area is 136 Å². The van der Waals surface area contributed by atoms with Gasteiger partial charge in [-0.2, -0.15) is 13.2 Å². The van der Waals surface area contributed by atoms with Crippen LogP contribution in [0.1, 0.15) is 24.2 Å². The van der Waals surface area contributed by atoms with Crippen molar-refractivity contribution in [3.63, 3.8) is 0 Å². The minimum absolute atomic E-state index is 0.0861. The number of nitrogens with zero attached hydrogens (tertiary/aromatic N) is 1. The molecule has 1 aromatic carbocycles. The molecule has 1 unspecified atom stereocenters. The maximum Gasteiger partial charge on any atom is 0.416 e. The van der Waals surface area contributed by atoms with Gasteiger partial charge in [0.15, 0.2) is 0 Å². The number of aliphatic hydroxyl groups excluding tert-OH is 1. The number of hydrogen-bond donors (Lipinski definition) is 1. The van der Waals surface area contributed by atoms with Gasteiger partial charge < -0.3 is 14.4 Å². The predicted octanol–water partition coefficient (Wildman–Crippen LogP) is 3.45. The van der Waals surface area contributed by atoms with Crippen molar-refractivity contribution in [1.82, 2.24) is 4.90 Å². The SMILES string of the molecule is O=C1CCC(O)N1CCc1ccc(-c2ccc(C(F)(F)F)cc2)o1. The molecule has 1 saturated heterocycles. The summed E-state index contributed by atoms with van der Waals surface area (Å²) in [6, 6.07) is 8.14. The number of aliphatic hydroxyl groups is 1. The van der Waals surface area contributed by atoms with E-state index in [0.29, 0.717) is 42.9 Å². The first-order valence-corrected chi connectivity index (χ1v) is 7.58. The van der Waals surface area contributed by atoms with Gasteiger partial charge in [0.2, 0.25) is 5.91 Å². The predicted molar refractivity (Wildman–Crippen MR) is 79.8 cm³/mol. The Morgan fingerprint density at radius 2 is 1.88 bits per heavy atom. The number of likely N-dealkylation sites (tertiary alicyclic amines) is 1. The molecule has 4 nitrogen and oxygen atoms in total. The van der Waals surface area contributed by atoms with Crippen LogP contribution < -0.4 is 0 Å². The summed E-state index contributed by atoms with van der Waals surface area (Å²) in [5.41, 5.74) is -0.161. The Morgan fingerprint density at radius 3 is 2.46 bits per heavy atom. The van der Waals surface area contributed by atoms with E-state index in [9.17, 15) is 23.1 Å². The molecule has 1 N–H and O–H groups in total. The summed E-state index contributed by atoms with van der Waals surface area (Å²) in [5, 5.41) is 9.69. The zero-order valence-corrected chi connectivity index (χ0v) is 12.7. The highest BCUT2D eigenvalue weighted by Crippen LogP contribution is 2.31. The largest absolute Gasteiger partial charge is 0.461 e. The van der Waals surface area contributed by atoms with E-state index >= 15 is 0 Å². The fourth-order valence-electron chi connectivity index (χ4n) is 2.71. The lowest BCUT2D eigenvalue weighted by atomic mass is 10.1. The number of alkyl halides is 3. The van der Waals surface area contributed by atoms with Crippen LogP contribution in [0.15, 0.2) is 40.8 Å². The van der Waals surface area contributed by atoms with Crippen molar-refractivity contribution in [1.29, 1.82) is 0 Å². The van der Waals surface area contributed by atoms with Crippen molar-refractivity contribution in [2.45, 2.75) is 31.7 Å². The summed E-state index contributed by atoms with van der Waals surface area (Å²) in [7, 11) is 0. The Morgan fingerprint density at radius 1 is 1.17 bits per heavy atom. The van der Waals surface area contributed by atoms with Gasteiger partial charge in [0.05, 0.1) is 5.56 Å². The molecule has 3 rings (SSSR count). The van der Waals surface area contributed by atoms with E-state index in [4.69, 9.17) is 4.42 Å². The van der Waals surface area contributed by atoms with Crippen LogP contribution in [0.25, 0.3) is 11.3 Å². The van der Waals surface area contributed by atoms with Gasteiger partial charge in [-0.1, -0.05) is 12.1 Å². The van der Waals surface area contributed by atoms with Crippen LogP contribution in [0.4, 0.5) is 13.2 Å². The van der Waals surface area contributed by atoms with Gasteiger partial charge in [-0.25, -0.2) is 0 Å². The summed E-state index contributed by atoms with van der Waals surface area (Å²) in [6.45, 7) is 0.347. The minimum Gasteiger partial charge on any atom is -0.461 e. The molecule has 1 aliphatic rings. The highest BCUT2D eigenvalue weighted by atomic mass is 19.4. The first-order valence-electron chi connectivity index (χ1n) is 7.58. The molecule has 1 aromatic heterocycles. The second-order valence-corrected chi connectivity index (χ2v) is 5.70. The molecule has 0 aliphatic carbocycles. The summed E-state index contributed by atoms with van der Waals surface area (Å²) in [6.07, 6.45) is -3.90. The van der Waals surface area contributed by atoms with Crippen molar-refractivity contribution in [2.75, 3.05) is 6.54 Å². The topological polar surface area (TPSA) is 53.7 Å². The van der Waals surface area contributed by atoms with Gasteiger partial charge in [0, 0.05) is 31.4 Å². The van der Waals surface area contributed by atoms with Crippen molar-refractivity contribution in [3.8, 4) is 11.3 Å². The molecule has 1 atom stereocenters. The molecule has 2 heterocycles. The molecule has 1 amide bonds. The highest BCUT2D eigenvalue weighted by molar-refractivity contribution is 5.78. The lowest BCUT2D eigenvalue weighted by molar-refractivity contribution is -0.137. The molecular formula is C17H16F3NO3. The van der Waals surface area contributed by atoms with E-state index < -0.39 is 18.0 Å². The summed E-state index contributed by atoms with van der Waals surface area (Å²) < 4.78 is 43.3. The van der Waals surface area contributed by atoms with Gasteiger partial charge in [-0.3, -0.25) is 4.79 Å². The van der Waals surface area contributed by atoms with E-state index in [2.05, 4.69) is 0 Å². The van der Waals surface area contributed by atoms with Crippen LogP contribution in [-0.4, -0.2) is 28.7 Å². The Bertz CT molecular complexity index is 721. The van der Waals surface area contributed by atoms with Crippen LogP contribution in [0, 0.1) is 0 Å². The summed E-state index contributed by atoms with van der Waals surface area (Å²) >= 11 is 0. The Balaban J connectivity index is 1.66. The molecular weight excluding hydrogens is 323 g/mol. The number of amides is 1. The highest BCUT2D eigenvalue weighted by Gasteiger charge is 2.30. The summed E-state index contributed by atoms with van der Waals surface area (Å²) in [5.74, 6) is 0.987. The van der Waals surface area contributed by atoms with Crippen LogP contribution >= 0.6 is 0 Å². The van der Waals surface area contributed by atoms with Crippen molar-refractivity contribution < 1.29 is 27.5 Å². The fourth-order valence-corrected chi connectivity index (χ4v) is 2.71. The zero-order valence-electron chi connectivity index (χ0n) is 12.7. The molecule has 128 valence electrons. The first-order chi connectivity index (χ1) is 11.3. The number of hydrogen-bond acceptors (Lipinski definition) is 3. The maximum atomic E-state index is 12.6. The molecule has 7 heteroatoms. The number of carbonyl (C=O) groups is 1. The van der Waals surface area contributed by atoms with E-state index in [1.165, 1.54) is 17.0 Å². The third-order valence-electron chi connectivity index (χ3n) is 4.05. The second kappa shape index (κ2) is 6.32. The molecule has 0 bridgehead atoms. The average Bonchev–Trinajstić information content (AvgIpc) is 3.12. The molecule has 1 aliphatic heterocycles. The van der Waals surface area contributed by atoms with E-state index in [-0.39, 0.29) is 5.91 Å². The van der Waals surface area contributed by atoms with Gasteiger partial charge in [-0.05, 0) is 24.3 Å². The Kier molecular flexibility index (Phi) is 4.36. The normalized spacial score (nSPS) is 18.4. The van der Waals surface area contributed by atoms with E-state index in [0.717, 1.165) is 12.1 Å². The number of furan rings is 1. The van der Waals surface area contributed by atoms with Crippen LogP contribution in [-0.2, 0) is 17.4 Å². The standard InChI is InChI=1S/C17H16F3NO3/c18-17(19,20)12-3-1-11(2-4-12)14-6-5-13(24-14)9-10-21-15(22)7-8-16(21)23/h1-6,15,22H,7-10H2. The molecule has 0 spiro atoms. The molecule has 1 fully saturated rings. The lowest BCUT2D eigenvalue weighted by Gasteiger charge is -2.19. The smallest absolute Gasteiger partial charge is 0.416 e. The number of carbonyl (C=O) groups excluding carboxylic acids is 1. The lowest BCUT2D eigenvalue weighted by Crippen LogP contribution is -2.34. The van der Waals surface area contributed by atoms with Gasteiger partial charge in [0.1, 0.15) is 17.7 Å².